The predicted octanol–water partition coefficient (Wildman–Crippen LogP) is 3.18. The molecule has 0 aromatic heterocycles. The second-order valence-corrected chi connectivity index (χ2v) is 4.75. The smallest absolute Gasteiger partial charge is 0.306 e. The van der Waals surface area contributed by atoms with Crippen molar-refractivity contribution >= 4 is 5.97 Å². The van der Waals surface area contributed by atoms with Crippen LogP contribution in [0.3, 0.4) is 0 Å². The maximum absolute atomic E-state index is 13.0. The third kappa shape index (κ3) is 2.62. The van der Waals surface area contributed by atoms with Crippen LogP contribution in [0.15, 0.2) is 18.2 Å². The molecule has 92 valence electrons. The monoisotopic (exact) mass is 240 g/mol. The van der Waals surface area contributed by atoms with Gasteiger partial charge >= 0.3 is 5.97 Å². The van der Waals surface area contributed by atoms with E-state index < -0.39 is 17.6 Å². The third-order valence-electron chi connectivity index (χ3n) is 3.41. The molecule has 0 aliphatic heterocycles. The molecule has 0 spiro atoms. The molecule has 1 N–H and O–H groups in total. The molecule has 2 rings (SSSR count). The second-order valence-electron chi connectivity index (χ2n) is 4.75. The van der Waals surface area contributed by atoms with Crippen molar-refractivity contribution in [1.29, 1.82) is 0 Å². The SMILES string of the molecule is CC(CC1CC1C(=O)O)c1ccc(F)c(F)c1. The fourth-order valence-electron chi connectivity index (χ4n) is 2.22. The molecule has 1 saturated carbocycles. The fraction of sp³-hybridized carbons (Fsp3) is 0.462. The van der Waals surface area contributed by atoms with E-state index in [2.05, 4.69) is 0 Å². The van der Waals surface area contributed by atoms with E-state index in [9.17, 15) is 13.6 Å². The number of carboxylic acid groups (broad SMARTS) is 1. The average molecular weight is 240 g/mol. The van der Waals surface area contributed by atoms with Crippen LogP contribution in [-0.4, -0.2) is 11.1 Å². The summed E-state index contributed by atoms with van der Waals surface area (Å²) in [6, 6.07) is 3.86. The zero-order valence-electron chi connectivity index (χ0n) is 9.49. The Morgan fingerprint density at radius 3 is 2.71 bits per heavy atom. The van der Waals surface area contributed by atoms with Gasteiger partial charge in [0.05, 0.1) is 5.92 Å². The van der Waals surface area contributed by atoms with E-state index >= 15 is 0 Å². The Balaban J connectivity index is 1.98. The maximum atomic E-state index is 13.0. The molecule has 0 radical (unpaired) electrons. The van der Waals surface area contributed by atoms with Gasteiger partial charge in [-0.1, -0.05) is 13.0 Å². The van der Waals surface area contributed by atoms with Crippen LogP contribution in [0.2, 0.25) is 0 Å². The average Bonchev–Trinajstić information content (AvgIpc) is 3.01. The highest BCUT2D eigenvalue weighted by atomic mass is 19.2. The van der Waals surface area contributed by atoms with E-state index in [1.807, 2.05) is 6.92 Å². The molecule has 2 nitrogen and oxygen atoms in total. The summed E-state index contributed by atoms with van der Waals surface area (Å²) in [4.78, 5) is 10.7. The highest BCUT2D eigenvalue weighted by molar-refractivity contribution is 5.73. The standard InChI is InChI=1S/C13H14F2O2/c1-7(4-9-5-10(9)13(16)17)8-2-3-11(14)12(15)6-8/h2-3,6-7,9-10H,4-5H2,1H3,(H,16,17). The summed E-state index contributed by atoms with van der Waals surface area (Å²) >= 11 is 0. The predicted molar refractivity (Wildman–Crippen MR) is 58.6 cm³/mol. The van der Waals surface area contributed by atoms with Gasteiger partial charge in [0, 0.05) is 0 Å². The number of hydrogen-bond acceptors (Lipinski definition) is 1. The first-order valence-corrected chi connectivity index (χ1v) is 5.66. The summed E-state index contributed by atoms with van der Waals surface area (Å²) in [5.41, 5.74) is 0.722. The summed E-state index contributed by atoms with van der Waals surface area (Å²) in [7, 11) is 0. The fourth-order valence-corrected chi connectivity index (χ4v) is 2.22. The first-order valence-electron chi connectivity index (χ1n) is 5.66. The number of benzene rings is 1. The van der Waals surface area contributed by atoms with Gasteiger partial charge in [0.1, 0.15) is 0 Å². The Hall–Kier alpha value is -1.45. The molecule has 0 amide bonds. The van der Waals surface area contributed by atoms with Crippen molar-refractivity contribution in [1.82, 2.24) is 0 Å². The number of hydrogen-bond donors (Lipinski definition) is 1. The molecule has 1 aromatic carbocycles. The summed E-state index contributed by atoms with van der Waals surface area (Å²) in [6.07, 6.45) is 1.41. The van der Waals surface area contributed by atoms with Gasteiger partial charge in [0.15, 0.2) is 11.6 Å². The molecule has 1 aliphatic rings. The minimum absolute atomic E-state index is 0.0550. The van der Waals surface area contributed by atoms with Crippen LogP contribution in [-0.2, 0) is 4.79 Å². The van der Waals surface area contributed by atoms with Crippen LogP contribution in [0, 0.1) is 23.5 Å². The number of carbonyl (C=O) groups is 1. The highest BCUT2D eigenvalue weighted by Gasteiger charge is 2.43. The number of rotatable bonds is 4. The summed E-state index contributed by atoms with van der Waals surface area (Å²) in [5, 5.41) is 8.78. The molecule has 0 heterocycles. The number of aliphatic carboxylic acids is 1. The lowest BCUT2D eigenvalue weighted by atomic mass is 9.94. The van der Waals surface area contributed by atoms with Gasteiger partial charge in [0.2, 0.25) is 0 Å². The third-order valence-corrected chi connectivity index (χ3v) is 3.41. The molecule has 0 bridgehead atoms. The Kier molecular flexibility index (Phi) is 3.13. The van der Waals surface area contributed by atoms with Crippen molar-refractivity contribution in [3.63, 3.8) is 0 Å². The van der Waals surface area contributed by atoms with Crippen LogP contribution >= 0.6 is 0 Å². The van der Waals surface area contributed by atoms with Gasteiger partial charge in [-0.3, -0.25) is 4.79 Å². The molecule has 3 unspecified atom stereocenters. The van der Waals surface area contributed by atoms with Crippen LogP contribution in [0.1, 0.15) is 31.2 Å². The first-order chi connectivity index (χ1) is 7.99. The van der Waals surface area contributed by atoms with E-state index in [-0.39, 0.29) is 17.8 Å². The number of halogens is 2. The molecular formula is C13H14F2O2. The van der Waals surface area contributed by atoms with Gasteiger partial charge in [-0.05, 0) is 42.4 Å². The van der Waals surface area contributed by atoms with Gasteiger partial charge < -0.3 is 5.11 Å². The normalized spacial score (nSPS) is 24.4. The minimum atomic E-state index is -0.851. The summed E-state index contributed by atoms with van der Waals surface area (Å²) in [6.45, 7) is 1.91. The highest BCUT2D eigenvalue weighted by Crippen LogP contribution is 2.45. The van der Waals surface area contributed by atoms with E-state index in [1.54, 1.807) is 6.07 Å². The quantitative estimate of drug-likeness (QED) is 0.877. The van der Waals surface area contributed by atoms with Gasteiger partial charge in [-0.2, -0.15) is 0 Å². The van der Waals surface area contributed by atoms with Crippen molar-refractivity contribution < 1.29 is 18.7 Å². The van der Waals surface area contributed by atoms with E-state index in [4.69, 9.17) is 5.11 Å². The van der Waals surface area contributed by atoms with Gasteiger partial charge in [-0.15, -0.1) is 0 Å². The lowest BCUT2D eigenvalue weighted by molar-refractivity contribution is -0.138. The lowest BCUT2D eigenvalue weighted by Gasteiger charge is -2.11. The molecular weight excluding hydrogens is 226 g/mol. The largest absolute Gasteiger partial charge is 0.481 e. The topological polar surface area (TPSA) is 37.3 Å². The van der Waals surface area contributed by atoms with Crippen molar-refractivity contribution in [2.24, 2.45) is 11.8 Å². The first kappa shape index (κ1) is 12.0. The van der Waals surface area contributed by atoms with E-state index in [0.29, 0.717) is 12.8 Å². The van der Waals surface area contributed by atoms with E-state index in [0.717, 1.165) is 11.6 Å². The van der Waals surface area contributed by atoms with Crippen LogP contribution < -0.4 is 0 Å². The van der Waals surface area contributed by atoms with Crippen molar-refractivity contribution in [3.05, 3.63) is 35.4 Å². The Bertz CT molecular complexity index is 445. The van der Waals surface area contributed by atoms with Gasteiger partial charge in [-0.25, -0.2) is 8.78 Å². The minimum Gasteiger partial charge on any atom is -0.481 e. The van der Waals surface area contributed by atoms with E-state index in [1.165, 1.54) is 6.07 Å². The van der Waals surface area contributed by atoms with Crippen molar-refractivity contribution in [2.75, 3.05) is 0 Å². The molecule has 3 atom stereocenters. The summed E-state index contributed by atoms with van der Waals surface area (Å²) in [5.74, 6) is -2.47. The van der Waals surface area contributed by atoms with Crippen LogP contribution in [0.4, 0.5) is 8.78 Å². The van der Waals surface area contributed by atoms with Crippen molar-refractivity contribution in [3.8, 4) is 0 Å². The van der Waals surface area contributed by atoms with Crippen LogP contribution in [0.5, 0.6) is 0 Å². The molecule has 0 saturated heterocycles. The summed E-state index contributed by atoms with van der Waals surface area (Å²) < 4.78 is 25.8. The maximum Gasteiger partial charge on any atom is 0.306 e. The Morgan fingerprint density at radius 2 is 2.18 bits per heavy atom. The van der Waals surface area contributed by atoms with Gasteiger partial charge in [0.25, 0.3) is 0 Å². The Labute approximate surface area is 98.3 Å². The molecule has 4 heteroatoms. The zero-order chi connectivity index (χ0) is 12.6. The van der Waals surface area contributed by atoms with Crippen LogP contribution in [0.25, 0.3) is 0 Å². The molecule has 17 heavy (non-hydrogen) atoms. The molecule has 1 aliphatic carbocycles. The Morgan fingerprint density at radius 1 is 1.47 bits per heavy atom. The molecule has 1 aromatic rings. The molecule has 1 fully saturated rings. The second kappa shape index (κ2) is 4.43. The lowest BCUT2D eigenvalue weighted by Crippen LogP contribution is -2.02. The number of carboxylic acids is 1. The van der Waals surface area contributed by atoms with Crippen molar-refractivity contribution in [2.45, 2.75) is 25.7 Å². The zero-order valence-corrected chi connectivity index (χ0v) is 9.49.